The smallest absolute Gasteiger partial charge is 0.205 e. The lowest BCUT2D eigenvalue weighted by atomic mass is 9.77. The van der Waals surface area contributed by atoms with E-state index in [1.54, 1.807) is 12.1 Å². The van der Waals surface area contributed by atoms with Gasteiger partial charge >= 0.3 is 0 Å². The van der Waals surface area contributed by atoms with Gasteiger partial charge in [0, 0.05) is 0 Å². The first-order chi connectivity index (χ1) is 14.4. The Morgan fingerprint density at radius 1 is 1.00 bits per heavy atom. The van der Waals surface area contributed by atoms with E-state index < -0.39 is 5.92 Å². The van der Waals surface area contributed by atoms with Gasteiger partial charge in [0.15, 0.2) is 0 Å². The zero-order chi connectivity index (χ0) is 21.4. The number of nitrogens with zero attached hydrogens (tertiary/aromatic N) is 1. The van der Waals surface area contributed by atoms with E-state index >= 15 is 0 Å². The topological polar surface area (TPSA) is 59.0 Å². The fourth-order valence-electron chi connectivity index (χ4n) is 3.95. The lowest BCUT2D eigenvalue weighted by molar-refractivity contribution is 0.277. The first kappa shape index (κ1) is 21.2. The van der Waals surface area contributed by atoms with E-state index in [2.05, 4.69) is 6.07 Å². The number of hydrogen-bond donors (Lipinski definition) is 1. The molecule has 2 aromatic rings. The Kier molecular flexibility index (Phi) is 6.04. The van der Waals surface area contributed by atoms with Gasteiger partial charge in [-0.2, -0.15) is 5.26 Å². The van der Waals surface area contributed by atoms with Crippen LogP contribution in [0.5, 0.6) is 0 Å². The second-order valence-corrected chi connectivity index (χ2v) is 8.66. The number of ether oxygens (including phenoxy) is 1. The van der Waals surface area contributed by atoms with E-state index in [4.69, 9.17) is 56.9 Å². The molecule has 0 spiro atoms. The van der Waals surface area contributed by atoms with Crippen molar-refractivity contribution < 1.29 is 4.74 Å². The summed E-state index contributed by atoms with van der Waals surface area (Å²) in [4.78, 5) is 0. The van der Waals surface area contributed by atoms with Crippen LogP contribution in [0.15, 0.2) is 64.8 Å². The highest BCUT2D eigenvalue weighted by atomic mass is 35.5. The maximum absolute atomic E-state index is 9.80. The Bertz CT molecular complexity index is 1170. The second-order valence-electron chi connectivity index (χ2n) is 7.09. The molecule has 0 amide bonds. The van der Waals surface area contributed by atoms with Crippen molar-refractivity contribution in [3.63, 3.8) is 0 Å². The van der Waals surface area contributed by atoms with Crippen LogP contribution in [0.25, 0.3) is 6.08 Å². The van der Waals surface area contributed by atoms with Crippen LogP contribution in [-0.2, 0) is 4.74 Å². The summed E-state index contributed by atoms with van der Waals surface area (Å²) in [5.74, 6) is 0.320. The van der Waals surface area contributed by atoms with E-state index in [1.165, 1.54) is 0 Å². The van der Waals surface area contributed by atoms with E-state index in [-0.39, 0.29) is 5.88 Å². The normalized spacial score (nSPS) is 20.1. The van der Waals surface area contributed by atoms with Crippen molar-refractivity contribution in [2.24, 2.45) is 5.73 Å². The van der Waals surface area contributed by atoms with Gasteiger partial charge in [0.05, 0.1) is 26.0 Å². The summed E-state index contributed by atoms with van der Waals surface area (Å²) >= 11 is 25.3. The molecule has 7 heteroatoms. The fraction of sp³-hybridized carbons (Fsp3) is 0.174. The molecule has 1 aliphatic heterocycles. The predicted molar refractivity (Wildman–Crippen MR) is 122 cm³/mol. The highest BCUT2D eigenvalue weighted by Gasteiger charge is 2.36. The molecule has 2 aliphatic rings. The second kappa shape index (κ2) is 8.57. The molecule has 0 saturated heterocycles. The molecular formula is C23H16Cl4N2O. The van der Waals surface area contributed by atoms with Crippen molar-refractivity contribution in [3.05, 3.63) is 96.0 Å². The molecule has 1 atom stereocenters. The predicted octanol–water partition coefficient (Wildman–Crippen LogP) is 7.63. The molecular weight excluding hydrogens is 462 g/mol. The Labute approximate surface area is 194 Å². The average molecular weight is 478 g/mol. The van der Waals surface area contributed by atoms with Crippen LogP contribution in [-0.4, -0.2) is 0 Å². The maximum Gasteiger partial charge on any atom is 0.205 e. The van der Waals surface area contributed by atoms with Gasteiger partial charge < -0.3 is 10.5 Å². The molecule has 30 heavy (non-hydrogen) atoms. The highest BCUT2D eigenvalue weighted by molar-refractivity contribution is 6.43. The summed E-state index contributed by atoms with van der Waals surface area (Å²) in [6.07, 6.45) is 4.39. The van der Waals surface area contributed by atoms with E-state index in [0.717, 1.165) is 41.5 Å². The number of nitrogens with two attached hydrogens (primary N) is 1. The Morgan fingerprint density at radius 2 is 1.70 bits per heavy atom. The van der Waals surface area contributed by atoms with Crippen molar-refractivity contribution in [1.29, 1.82) is 5.26 Å². The van der Waals surface area contributed by atoms with Gasteiger partial charge in [-0.1, -0.05) is 70.7 Å². The molecule has 0 radical (unpaired) electrons. The first-order valence-corrected chi connectivity index (χ1v) is 10.8. The van der Waals surface area contributed by atoms with Crippen molar-refractivity contribution in [2.45, 2.75) is 25.2 Å². The number of hydrogen-bond acceptors (Lipinski definition) is 3. The van der Waals surface area contributed by atoms with Crippen molar-refractivity contribution in [3.8, 4) is 6.07 Å². The lowest BCUT2D eigenvalue weighted by Crippen LogP contribution is -2.24. The molecule has 152 valence electrons. The van der Waals surface area contributed by atoms with E-state index in [9.17, 15) is 5.26 Å². The summed E-state index contributed by atoms with van der Waals surface area (Å²) < 4.78 is 5.96. The molecule has 0 saturated carbocycles. The maximum atomic E-state index is 9.80. The van der Waals surface area contributed by atoms with Gasteiger partial charge in [-0.05, 0) is 59.7 Å². The van der Waals surface area contributed by atoms with E-state index in [1.807, 2.05) is 30.3 Å². The standard InChI is InChI=1S/C23H16Cl4N2O/c24-17-8-2-4-12(20(17)26)10-13-5-1-7-15-19(14-6-3-9-18(25)21(14)27)16(11-28)23(29)30-22(13)15/h2-4,6,8-10,19H,1,5,7,29H2/b13-10-. The number of nitriles is 1. The summed E-state index contributed by atoms with van der Waals surface area (Å²) in [6, 6.07) is 13.1. The summed E-state index contributed by atoms with van der Waals surface area (Å²) in [7, 11) is 0. The molecule has 0 fully saturated rings. The van der Waals surface area contributed by atoms with Crippen molar-refractivity contribution >= 4 is 52.5 Å². The minimum atomic E-state index is -0.413. The molecule has 2 aromatic carbocycles. The van der Waals surface area contributed by atoms with Gasteiger partial charge in [-0.25, -0.2) is 0 Å². The lowest BCUT2D eigenvalue weighted by Gasteiger charge is -2.33. The Morgan fingerprint density at radius 3 is 2.43 bits per heavy atom. The molecule has 3 nitrogen and oxygen atoms in total. The third kappa shape index (κ3) is 3.70. The number of allylic oxidation sites excluding steroid dienone is 3. The monoisotopic (exact) mass is 476 g/mol. The molecule has 0 aromatic heterocycles. The van der Waals surface area contributed by atoms with Gasteiger partial charge in [-0.15, -0.1) is 0 Å². The number of rotatable bonds is 2. The quantitative estimate of drug-likeness (QED) is 0.483. The van der Waals surface area contributed by atoms with Crippen LogP contribution in [0.4, 0.5) is 0 Å². The first-order valence-electron chi connectivity index (χ1n) is 9.31. The zero-order valence-electron chi connectivity index (χ0n) is 15.7. The number of halogens is 4. The number of benzene rings is 2. The van der Waals surface area contributed by atoms with E-state index in [0.29, 0.717) is 31.4 Å². The summed E-state index contributed by atoms with van der Waals surface area (Å²) in [6.45, 7) is 0. The molecule has 1 heterocycles. The Balaban J connectivity index is 1.90. The average Bonchev–Trinajstić information content (AvgIpc) is 2.73. The minimum absolute atomic E-state index is 0.0716. The van der Waals surface area contributed by atoms with Gasteiger partial charge in [0.2, 0.25) is 5.88 Å². The summed E-state index contributed by atoms with van der Waals surface area (Å²) in [5.41, 5.74) is 9.94. The van der Waals surface area contributed by atoms with Crippen LogP contribution in [0, 0.1) is 11.3 Å². The Hall–Kier alpha value is -2.09. The molecule has 0 bridgehead atoms. The van der Waals surface area contributed by atoms with Crippen LogP contribution in [0.1, 0.15) is 36.3 Å². The van der Waals surface area contributed by atoms with Crippen LogP contribution in [0.2, 0.25) is 20.1 Å². The largest absolute Gasteiger partial charge is 0.440 e. The summed E-state index contributed by atoms with van der Waals surface area (Å²) in [5, 5.41) is 11.6. The molecule has 4 rings (SSSR count). The van der Waals surface area contributed by atoms with Gasteiger partial charge in [0.1, 0.15) is 17.4 Å². The van der Waals surface area contributed by atoms with Gasteiger partial charge in [0.25, 0.3) is 0 Å². The van der Waals surface area contributed by atoms with Crippen molar-refractivity contribution in [2.75, 3.05) is 0 Å². The van der Waals surface area contributed by atoms with Crippen molar-refractivity contribution in [1.82, 2.24) is 0 Å². The third-order valence-corrected chi connectivity index (χ3v) is 6.98. The molecule has 1 aliphatic carbocycles. The minimum Gasteiger partial charge on any atom is -0.440 e. The SMILES string of the molecule is N#CC1=C(N)OC2=C(CCC/C2=C/c2cccc(Cl)c2Cl)C1c1cccc(Cl)c1Cl. The van der Waals surface area contributed by atoms with Crippen LogP contribution in [0.3, 0.4) is 0 Å². The fourth-order valence-corrected chi connectivity index (χ4v) is 4.73. The zero-order valence-corrected chi connectivity index (χ0v) is 18.7. The highest BCUT2D eigenvalue weighted by Crippen LogP contribution is 2.49. The van der Waals surface area contributed by atoms with Crippen LogP contribution >= 0.6 is 46.4 Å². The molecule has 2 N–H and O–H groups in total. The third-order valence-electron chi connectivity index (χ3n) is 5.31. The van der Waals surface area contributed by atoms with Crippen LogP contribution < -0.4 is 5.73 Å². The molecule has 1 unspecified atom stereocenters. The van der Waals surface area contributed by atoms with Gasteiger partial charge in [-0.3, -0.25) is 0 Å².